The maximum absolute atomic E-state index is 11.5. The highest BCUT2D eigenvalue weighted by atomic mass is 16.6. The lowest BCUT2D eigenvalue weighted by Gasteiger charge is -2.24. The van der Waals surface area contributed by atoms with Gasteiger partial charge in [-0.15, -0.1) is 0 Å². The Kier molecular flexibility index (Phi) is 4.06. The molecule has 0 bridgehead atoms. The minimum absolute atomic E-state index is 0.0123. The molecule has 0 saturated heterocycles. The number of aromatic nitrogens is 2. The van der Waals surface area contributed by atoms with Gasteiger partial charge in [-0.1, -0.05) is 0 Å². The number of hydrogen-bond acceptors (Lipinski definition) is 6. The Bertz CT molecular complexity index is 680. The first kappa shape index (κ1) is 14.8. The summed E-state index contributed by atoms with van der Waals surface area (Å²) in [4.78, 5) is 30.9. The average Bonchev–Trinajstić information content (AvgIpc) is 2.86. The third-order valence-corrected chi connectivity index (χ3v) is 3.09. The number of aromatic amines is 1. The lowest BCUT2D eigenvalue weighted by Crippen LogP contribution is -2.37. The number of nitro benzene ring substituents is 1. The lowest BCUT2D eigenvalue weighted by molar-refractivity contribution is -0.384. The van der Waals surface area contributed by atoms with Crippen LogP contribution in [-0.4, -0.2) is 40.6 Å². The van der Waals surface area contributed by atoms with Crippen molar-refractivity contribution >= 4 is 28.6 Å². The van der Waals surface area contributed by atoms with Crippen molar-refractivity contribution in [3.05, 3.63) is 28.3 Å². The number of anilines is 1. The number of ether oxygens (including phenoxy) is 1. The van der Waals surface area contributed by atoms with Crippen molar-refractivity contribution in [1.82, 2.24) is 9.97 Å². The largest absolute Gasteiger partial charge is 0.468 e. The first-order valence-corrected chi connectivity index (χ1v) is 6.40. The van der Waals surface area contributed by atoms with E-state index < -0.39 is 4.92 Å². The second kappa shape index (κ2) is 5.78. The van der Waals surface area contributed by atoms with E-state index in [0.717, 1.165) is 0 Å². The molecule has 8 heteroatoms. The van der Waals surface area contributed by atoms with E-state index in [2.05, 4.69) is 14.7 Å². The zero-order chi connectivity index (χ0) is 15.6. The maximum Gasteiger partial charge on any atom is 0.325 e. The fraction of sp³-hybridized carbons (Fsp3) is 0.385. The zero-order valence-corrected chi connectivity index (χ0v) is 12.0. The molecule has 0 aliphatic carbocycles. The van der Waals surface area contributed by atoms with Gasteiger partial charge in [0.15, 0.2) is 0 Å². The molecule has 0 aliphatic heterocycles. The Morgan fingerprint density at radius 3 is 2.81 bits per heavy atom. The summed E-state index contributed by atoms with van der Waals surface area (Å²) < 4.78 is 4.67. The predicted molar refractivity (Wildman–Crippen MR) is 77.2 cm³/mol. The number of benzene rings is 1. The van der Waals surface area contributed by atoms with Gasteiger partial charge in [0.1, 0.15) is 6.54 Å². The summed E-state index contributed by atoms with van der Waals surface area (Å²) in [5.41, 5.74) is 1.14. The number of rotatable bonds is 5. The van der Waals surface area contributed by atoms with Crippen LogP contribution in [0.3, 0.4) is 0 Å². The molecule has 0 aliphatic rings. The van der Waals surface area contributed by atoms with Crippen molar-refractivity contribution in [1.29, 1.82) is 0 Å². The van der Waals surface area contributed by atoms with Crippen molar-refractivity contribution in [2.75, 3.05) is 18.6 Å². The van der Waals surface area contributed by atoms with Crippen molar-refractivity contribution < 1.29 is 14.5 Å². The number of hydrogen-bond donors (Lipinski definition) is 1. The number of H-pyrrole nitrogens is 1. The van der Waals surface area contributed by atoms with Crippen LogP contribution < -0.4 is 4.90 Å². The van der Waals surface area contributed by atoms with Crippen LogP contribution in [0.2, 0.25) is 0 Å². The number of nitrogens with zero attached hydrogens (tertiary/aromatic N) is 3. The summed E-state index contributed by atoms with van der Waals surface area (Å²) in [5, 5.41) is 10.8. The van der Waals surface area contributed by atoms with E-state index in [1.807, 2.05) is 13.8 Å². The summed E-state index contributed by atoms with van der Waals surface area (Å²) >= 11 is 0. The predicted octanol–water partition coefficient (Wildman–Crippen LogP) is 1.86. The number of non-ortho nitro benzene ring substituents is 1. The van der Waals surface area contributed by atoms with Crippen LogP contribution in [-0.2, 0) is 9.53 Å². The first-order valence-electron chi connectivity index (χ1n) is 6.40. The summed E-state index contributed by atoms with van der Waals surface area (Å²) in [6.45, 7) is 3.88. The quantitative estimate of drug-likeness (QED) is 0.512. The molecular formula is C13H16N4O4. The van der Waals surface area contributed by atoms with Crippen molar-refractivity contribution in [3.63, 3.8) is 0 Å². The Balaban J connectivity index is 2.39. The van der Waals surface area contributed by atoms with Crippen LogP contribution in [0.4, 0.5) is 11.6 Å². The number of nitro groups is 1. The van der Waals surface area contributed by atoms with E-state index in [0.29, 0.717) is 17.0 Å². The number of methoxy groups -OCH3 is 1. The highest BCUT2D eigenvalue weighted by molar-refractivity contribution is 5.81. The van der Waals surface area contributed by atoms with E-state index in [1.54, 1.807) is 11.0 Å². The Hall–Kier alpha value is -2.64. The van der Waals surface area contributed by atoms with Gasteiger partial charge in [0.2, 0.25) is 5.95 Å². The van der Waals surface area contributed by atoms with Gasteiger partial charge in [0.05, 0.1) is 23.1 Å². The van der Waals surface area contributed by atoms with Gasteiger partial charge in [-0.25, -0.2) is 4.98 Å². The van der Waals surface area contributed by atoms with Gasteiger partial charge in [0.25, 0.3) is 5.69 Å². The summed E-state index contributed by atoms with van der Waals surface area (Å²) in [6, 6.07) is 4.40. The molecule has 0 unspecified atom stereocenters. The van der Waals surface area contributed by atoms with Crippen molar-refractivity contribution in [2.24, 2.45) is 0 Å². The molecule has 0 amide bonds. The highest BCUT2D eigenvalue weighted by Gasteiger charge is 2.19. The molecule has 2 rings (SSSR count). The Morgan fingerprint density at radius 1 is 1.52 bits per heavy atom. The molecule has 0 atom stereocenters. The molecule has 0 saturated carbocycles. The van der Waals surface area contributed by atoms with Crippen molar-refractivity contribution in [3.8, 4) is 0 Å². The molecule has 21 heavy (non-hydrogen) atoms. The summed E-state index contributed by atoms with van der Waals surface area (Å²) in [7, 11) is 1.32. The van der Waals surface area contributed by atoms with Gasteiger partial charge < -0.3 is 14.6 Å². The maximum atomic E-state index is 11.5. The second-order valence-corrected chi connectivity index (χ2v) is 4.82. The number of carbonyl (C=O) groups excluding carboxylic acids is 1. The number of imidazole rings is 1. The third-order valence-electron chi connectivity index (χ3n) is 3.09. The molecule has 1 aromatic heterocycles. The minimum atomic E-state index is -0.464. The fourth-order valence-corrected chi connectivity index (χ4v) is 1.94. The van der Waals surface area contributed by atoms with Crippen LogP contribution in [0, 0.1) is 10.1 Å². The summed E-state index contributed by atoms with van der Waals surface area (Å²) in [5.74, 6) is 0.0982. The van der Waals surface area contributed by atoms with Crippen LogP contribution in [0.15, 0.2) is 18.2 Å². The molecule has 1 aromatic carbocycles. The Morgan fingerprint density at radius 2 is 2.24 bits per heavy atom. The number of esters is 1. The number of carbonyl (C=O) groups is 1. The Labute approximate surface area is 120 Å². The van der Waals surface area contributed by atoms with Gasteiger partial charge >= 0.3 is 5.97 Å². The second-order valence-electron chi connectivity index (χ2n) is 4.82. The van der Waals surface area contributed by atoms with E-state index in [-0.39, 0.29) is 24.2 Å². The van der Waals surface area contributed by atoms with Crippen LogP contribution in [0.5, 0.6) is 0 Å². The standard InChI is InChI=1S/C13H16N4O4/c1-8(2)16(7-12(18)21-3)13-14-10-5-4-9(17(19)20)6-11(10)15-13/h4-6,8H,7H2,1-3H3,(H,14,15). The number of fused-ring (bicyclic) bond motifs is 1. The normalized spacial score (nSPS) is 10.9. The molecule has 1 heterocycles. The van der Waals surface area contributed by atoms with Crippen molar-refractivity contribution in [2.45, 2.75) is 19.9 Å². The van der Waals surface area contributed by atoms with Crippen LogP contribution in [0.1, 0.15) is 13.8 Å². The summed E-state index contributed by atoms with van der Waals surface area (Å²) in [6.07, 6.45) is 0. The molecule has 0 radical (unpaired) electrons. The topological polar surface area (TPSA) is 101 Å². The van der Waals surface area contributed by atoms with Crippen LogP contribution >= 0.6 is 0 Å². The lowest BCUT2D eigenvalue weighted by atomic mass is 10.3. The fourth-order valence-electron chi connectivity index (χ4n) is 1.94. The molecule has 0 fully saturated rings. The third kappa shape index (κ3) is 3.10. The van der Waals surface area contributed by atoms with E-state index in [4.69, 9.17) is 0 Å². The molecule has 2 aromatic rings. The smallest absolute Gasteiger partial charge is 0.325 e. The molecule has 0 spiro atoms. The minimum Gasteiger partial charge on any atom is -0.468 e. The van der Waals surface area contributed by atoms with Gasteiger partial charge in [-0.2, -0.15) is 0 Å². The highest BCUT2D eigenvalue weighted by Crippen LogP contribution is 2.23. The van der Waals surface area contributed by atoms with Gasteiger partial charge in [-0.3, -0.25) is 14.9 Å². The zero-order valence-electron chi connectivity index (χ0n) is 12.0. The van der Waals surface area contributed by atoms with E-state index in [9.17, 15) is 14.9 Å². The number of nitrogens with one attached hydrogen (secondary N) is 1. The SMILES string of the molecule is COC(=O)CN(c1nc2ccc([N+](=O)[O-])cc2[nH]1)C(C)C. The van der Waals surface area contributed by atoms with E-state index in [1.165, 1.54) is 19.2 Å². The monoisotopic (exact) mass is 292 g/mol. The average molecular weight is 292 g/mol. The molecular weight excluding hydrogens is 276 g/mol. The molecule has 8 nitrogen and oxygen atoms in total. The first-order chi connectivity index (χ1) is 9.92. The van der Waals surface area contributed by atoms with Crippen LogP contribution in [0.25, 0.3) is 11.0 Å². The van der Waals surface area contributed by atoms with Gasteiger partial charge in [0, 0.05) is 18.2 Å². The molecule has 1 N–H and O–H groups in total. The molecule has 112 valence electrons. The van der Waals surface area contributed by atoms with Gasteiger partial charge in [-0.05, 0) is 19.9 Å². The van der Waals surface area contributed by atoms with E-state index >= 15 is 0 Å².